The molecular formula is C25H20N2O2S. The fourth-order valence-corrected chi connectivity index (χ4v) is 5.75. The molecule has 3 aromatic rings. The van der Waals surface area contributed by atoms with E-state index >= 15 is 0 Å². The highest BCUT2D eigenvalue weighted by molar-refractivity contribution is 7.16. The van der Waals surface area contributed by atoms with E-state index in [1.807, 2.05) is 12.1 Å². The van der Waals surface area contributed by atoms with Crippen LogP contribution in [0.15, 0.2) is 66.2 Å². The highest BCUT2D eigenvalue weighted by Gasteiger charge is 2.42. The number of benzene rings is 2. The number of carbonyl (C=O) groups is 1. The summed E-state index contributed by atoms with van der Waals surface area (Å²) in [5, 5.41) is 18.1. The van der Waals surface area contributed by atoms with Crippen molar-refractivity contribution in [2.75, 3.05) is 4.90 Å². The van der Waals surface area contributed by atoms with Gasteiger partial charge in [-0.15, -0.1) is 11.3 Å². The van der Waals surface area contributed by atoms with Crippen molar-refractivity contribution in [3.05, 3.63) is 76.7 Å². The van der Waals surface area contributed by atoms with E-state index in [0.717, 1.165) is 15.3 Å². The summed E-state index contributed by atoms with van der Waals surface area (Å²) in [6, 6.07) is 23.4. The van der Waals surface area contributed by atoms with Gasteiger partial charge in [0.05, 0.1) is 0 Å². The van der Waals surface area contributed by atoms with Gasteiger partial charge in [-0.2, -0.15) is 5.26 Å². The third kappa shape index (κ3) is 3.10. The molecule has 4 nitrogen and oxygen atoms in total. The molecule has 1 N–H and O–H groups in total. The summed E-state index contributed by atoms with van der Waals surface area (Å²) in [5.41, 5.74) is 4.86. The summed E-state index contributed by atoms with van der Waals surface area (Å²) in [5.74, 6) is -0.644. The molecule has 0 amide bonds. The van der Waals surface area contributed by atoms with Gasteiger partial charge in [-0.1, -0.05) is 30.7 Å². The minimum absolute atomic E-state index is 0.246. The van der Waals surface area contributed by atoms with Crippen LogP contribution in [-0.2, 0) is 4.79 Å². The van der Waals surface area contributed by atoms with Crippen molar-refractivity contribution in [2.45, 2.75) is 31.2 Å². The van der Waals surface area contributed by atoms with Crippen LogP contribution >= 0.6 is 11.3 Å². The van der Waals surface area contributed by atoms with Gasteiger partial charge in [-0.25, -0.2) is 4.79 Å². The number of carboxylic acid groups (broad SMARTS) is 1. The highest BCUT2D eigenvalue weighted by Crippen LogP contribution is 2.53. The third-order valence-electron chi connectivity index (χ3n) is 6.08. The average molecular weight is 413 g/mol. The first kappa shape index (κ1) is 18.7. The van der Waals surface area contributed by atoms with Gasteiger partial charge < -0.3 is 10.0 Å². The van der Waals surface area contributed by atoms with E-state index in [-0.39, 0.29) is 5.57 Å². The van der Waals surface area contributed by atoms with Crippen LogP contribution in [0, 0.1) is 11.3 Å². The molecule has 30 heavy (non-hydrogen) atoms. The fraction of sp³-hybridized carbons (Fsp3) is 0.200. The zero-order chi connectivity index (χ0) is 20.7. The predicted molar refractivity (Wildman–Crippen MR) is 120 cm³/mol. The van der Waals surface area contributed by atoms with Crippen LogP contribution in [0.3, 0.4) is 0 Å². The number of thiophene rings is 1. The Bertz CT molecular complexity index is 1190. The molecule has 0 spiro atoms. The molecule has 1 saturated carbocycles. The van der Waals surface area contributed by atoms with Gasteiger partial charge in [-0.05, 0) is 66.4 Å². The van der Waals surface area contributed by atoms with Gasteiger partial charge in [-0.3, -0.25) is 0 Å². The number of para-hydroxylation sites is 1. The lowest BCUT2D eigenvalue weighted by molar-refractivity contribution is -0.132. The van der Waals surface area contributed by atoms with Crippen molar-refractivity contribution >= 4 is 34.8 Å². The molecule has 2 unspecified atom stereocenters. The van der Waals surface area contributed by atoms with E-state index < -0.39 is 5.97 Å². The van der Waals surface area contributed by atoms with Crippen LogP contribution < -0.4 is 4.90 Å². The van der Waals surface area contributed by atoms with Gasteiger partial charge in [0.25, 0.3) is 0 Å². The van der Waals surface area contributed by atoms with Crippen LogP contribution in [0.1, 0.15) is 35.6 Å². The van der Waals surface area contributed by atoms with E-state index in [1.165, 1.54) is 53.6 Å². The molecule has 2 atom stereocenters. The zero-order valence-corrected chi connectivity index (χ0v) is 17.1. The number of hydrogen-bond acceptors (Lipinski definition) is 4. The number of nitrogens with zero attached hydrogens (tertiary/aromatic N) is 2. The molecule has 1 aliphatic carbocycles. The summed E-state index contributed by atoms with van der Waals surface area (Å²) in [6.45, 7) is 0. The summed E-state index contributed by atoms with van der Waals surface area (Å²) >= 11 is 1.51. The lowest BCUT2D eigenvalue weighted by Crippen LogP contribution is -2.26. The molecule has 5 rings (SSSR count). The SMILES string of the molecule is N#C/C(=C\c1ccc(-c2ccc3c(c2)C2CCCC2N3c2ccccc2)s1)C(=O)O. The second-order valence-electron chi connectivity index (χ2n) is 7.76. The van der Waals surface area contributed by atoms with E-state index in [0.29, 0.717) is 12.0 Å². The first-order chi connectivity index (χ1) is 14.7. The summed E-state index contributed by atoms with van der Waals surface area (Å²) in [7, 11) is 0. The van der Waals surface area contributed by atoms with Gasteiger partial charge in [0.2, 0.25) is 0 Å². The Balaban J connectivity index is 1.52. The number of hydrogen-bond donors (Lipinski definition) is 1. The zero-order valence-electron chi connectivity index (χ0n) is 16.3. The molecule has 0 radical (unpaired) electrons. The standard InChI is InChI=1S/C25H20N2O2S/c26-15-17(25(28)29)13-19-10-12-24(30-19)16-9-11-23-21(14-16)20-7-4-8-22(20)27(23)18-5-2-1-3-6-18/h1-3,5-6,9-14,20,22H,4,7-8H2,(H,28,29)/b17-13+. The smallest absolute Gasteiger partial charge is 0.346 e. The summed E-state index contributed by atoms with van der Waals surface area (Å²) < 4.78 is 0. The molecule has 1 aromatic heterocycles. The average Bonchev–Trinajstić information content (AvgIpc) is 3.48. The molecule has 2 aliphatic rings. The molecule has 2 heterocycles. The maximum absolute atomic E-state index is 11.1. The number of rotatable bonds is 4. The Morgan fingerprint density at radius 3 is 2.73 bits per heavy atom. The number of anilines is 2. The first-order valence-corrected chi connectivity index (χ1v) is 10.9. The highest BCUT2D eigenvalue weighted by atomic mass is 32.1. The van der Waals surface area contributed by atoms with E-state index in [9.17, 15) is 4.79 Å². The number of carboxylic acids is 1. The molecule has 0 saturated heterocycles. The van der Waals surface area contributed by atoms with E-state index in [4.69, 9.17) is 10.4 Å². The van der Waals surface area contributed by atoms with Gasteiger partial charge in [0.15, 0.2) is 0 Å². The minimum atomic E-state index is -1.20. The van der Waals surface area contributed by atoms with Crippen LogP contribution in [0.5, 0.6) is 0 Å². The maximum Gasteiger partial charge on any atom is 0.346 e. The van der Waals surface area contributed by atoms with Crippen LogP contribution in [0.2, 0.25) is 0 Å². The van der Waals surface area contributed by atoms with Crippen molar-refractivity contribution in [1.29, 1.82) is 5.26 Å². The predicted octanol–water partition coefficient (Wildman–Crippen LogP) is 6.19. The van der Waals surface area contributed by atoms with Gasteiger partial charge in [0, 0.05) is 33.1 Å². The van der Waals surface area contributed by atoms with Crippen molar-refractivity contribution in [3.63, 3.8) is 0 Å². The first-order valence-electron chi connectivity index (χ1n) is 10.1. The van der Waals surface area contributed by atoms with Crippen LogP contribution in [-0.4, -0.2) is 17.1 Å². The van der Waals surface area contributed by atoms with Crippen molar-refractivity contribution < 1.29 is 9.90 Å². The Morgan fingerprint density at radius 2 is 1.97 bits per heavy atom. The molecule has 0 bridgehead atoms. The lowest BCUT2D eigenvalue weighted by Gasteiger charge is -2.27. The van der Waals surface area contributed by atoms with Crippen LogP contribution in [0.4, 0.5) is 11.4 Å². The molecule has 1 fully saturated rings. The largest absolute Gasteiger partial charge is 0.477 e. The molecule has 1 aliphatic heterocycles. The van der Waals surface area contributed by atoms with E-state index in [1.54, 1.807) is 6.07 Å². The molecule has 2 aromatic carbocycles. The summed E-state index contributed by atoms with van der Waals surface area (Å²) in [4.78, 5) is 15.5. The monoisotopic (exact) mass is 412 g/mol. The normalized spacial score (nSPS) is 20.0. The maximum atomic E-state index is 11.1. The van der Waals surface area contributed by atoms with E-state index in [2.05, 4.69) is 53.4 Å². The third-order valence-corrected chi connectivity index (χ3v) is 7.16. The Morgan fingerprint density at radius 1 is 1.13 bits per heavy atom. The second-order valence-corrected chi connectivity index (χ2v) is 8.88. The second kappa shape index (κ2) is 7.47. The molecule has 5 heteroatoms. The molecular weight excluding hydrogens is 392 g/mol. The molecule has 148 valence electrons. The van der Waals surface area contributed by atoms with Crippen molar-refractivity contribution in [1.82, 2.24) is 0 Å². The minimum Gasteiger partial charge on any atom is -0.477 e. The Hall–Kier alpha value is -3.36. The van der Waals surface area contributed by atoms with Gasteiger partial charge in [0.1, 0.15) is 11.6 Å². The van der Waals surface area contributed by atoms with Crippen molar-refractivity contribution in [2.24, 2.45) is 0 Å². The van der Waals surface area contributed by atoms with Gasteiger partial charge >= 0.3 is 5.97 Å². The fourth-order valence-electron chi connectivity index (χ4n) is 4.80. The number of nitriles is 1. The van der Waals surface area contributed by atoms with Crippen LogP contribution in [0.25, 0.3) is 16.5 Å². The topological polar surface area (TPSA) is 64.3 Å². The number of fused-ring (bicyclic) bond motifs is 3. The Labute approximate surface area is 179 Å². The lowest BCUT2D eigenvalue weighted by atomic mass is 9.95. The quantitative estimate of drug-likeness (QED) is 0.410. The summed E-state index contributed by atoms with van der Waals surface area (Å²) in [6.07, 6.45) is 5.12. The number of aliphatic carboxylic acids is 1. The Kier molecular flexibility index (Phi) is 4.65. The van der Waals surface area contributed by atoms with Crippen molar-refractivity contribution in [3.8, 4) is 16.5 Å².